The van der Waals surface area contributed by atoms with E-state index in [-0.39, 0.29) is 0 Å². The van der Waals surface area contributed by atoms with Gasteiger partial charge in [0.25, 0.3) is 0 Å². The fourth-order valence-corrected chi connectivity index (χ4v) is 4.80. The van der Waals surface area contributed by atoms with Crippen LogP contribution in [0.2, 0.25) is 0 Å². The van der Waals surface area contributed by atoms with E-state index in [9.17, 15) is 0 Å². The fourth-order valence-electron chi connectivity index (χ4n) is 4.80. The van der Waals surface area contributed by atoms with Crippen molar-refractivity contribution in [1.82, 2.24) is 29.4 Å². The number of hydrogen-bond acceptors (Lipinski definition) is 6. The summed E-state index contributed by atoms with van der Waals surface area (Å²) in [7, 11) is 13.4. The van der Waals surface area contributed by atoms with E-state index < -0.39 is 0 Å². The first kappa shape index (κ1) is 28.8. The van der Waals surface area contributed by atoms with Gasteiger partial charge in [-0.3, -0.25) is 0 Å². The minimum atomic E-state index is 0.998. The highest BCUT2D eigenvalue weighted by Gasteiger charge is 2.10. The van der Waals surface area contributed by atoms with Crippen molar-refractivity contribution in [3.05, 3.63) is 70.8 Å². The van der Waals surface area contributed by atoms with Crippen LogP contribution in [-0.2, 0) is 26.2 Å². The highest BCUT2D eigenvalue weighted by atomic mass is 15.2. The maximum atomic E-state index is 2.46. The second kappa shape index (κ2) is 14.8. The zero-order valence-corrected chi connectivity index (χ0v) is 23.8. The maximum Gasteiger partial charge on any atom is 0.0231 e. The molecule has 1 aliphatic heterocycles. The van der Waals surface area contributed by atoms with Crippen molar-refractivity contribution in [2.75, 3.05) is 94.6 Å². The summed E-state index contributed by atoms with van der Waals surface area (Å²) in [6.07, 6.45) is 0. The molecule has 200 valence electrons. The van der Waals surface area contributed by atoms with Crippen LogP contribution in [0, 0.1) is 0 Å². The van der Waals surface area contributed by atoms with Crippen LogP contribution in [0.4, 0.5) is 0 Å². The molecule has 2 aromatic carbocycles. The molecule has 6 nitrogen and oxygen atoms in total. The zero-order valence-electron chi connectivity index (χ0n) is 23.8. The van der Waals surface area contributed by atoms with Crippen LogP contribution in [0.15, 0.2) is 48.5 Å². The average molecular weight is 495 g/mol. The van der Waals surface area contributed by atoms with Crippen molar-refractivity contribution in [2.24, 2.45) is 0 Å². The van der Waals surface area contributed by atoms with Gasteiger partial charge in [-0.25, -0.2) is 0 Å². The van der Waals surface area contributed by atoms with Crippen LogP contribution in [-0.4, -0.2) is 124 Å². The summed E-state index contributed by atoms with van der Waals surface area (Å²) in [6, 6.07) is 18.3. The summed E-state index contributed by atoms with van der Waals surface area (Å²) in [6.45, 7) is 12.6. The standard InChI is InChI=1S/C30H50N6/c1-31-13-17-33(3)23-27-9-7-11-29(21-27)25-35(5)19-15-32(2)16-20-36(6)26-30-12-8-10-28(22-30)24-34(4)18-14-31/h7-12,21-22H,13-20,23-26H2,1-6H3. The van der Waals surface area contributed by atoms with Crippen LogP contribution >= 0.6 is 0 Å². The van der Waals surface area contributed by atoms with Gasteiger partial charge in [-0.1, -0.05) is 48.5 Å². The molecule has 3 rings (SSSR count). The second-order valence-corrected chi connectivity index (χ2v) is 11.2. The van der Waals surface area contributed by atoms with Gasteiger partial charge < -0.3 is 29.4 Å². The van der Waals surface area contributed by atoms with E-state index in [1.807, 2.05) is 0 Å². The van der Waals surface area contributed by atoms with Gasteiger partial charge in [0.05, 0.1) is 0 Å². The van der Waals surface area contributed by atoms with Gasteiger partial charge in [0.2, 0.25) is 0 Å². The number of likely N-dealkylation sites (N-methyl/N-ethyl adjacent to an activating group) is 6. The number of benzene rings is 2. The van der Waals surface area contributed by atoms with Crippen LogP contribution in [0.3, 0.4) is 0 Å². The van der Waals surface area contributed by atoms with Crippen LogP contribution in [0.1, 0.15) is 22.3 Å². The molecule has 0 N–H and O–H groups in total. The summed E-state index contributed by atoms with van der Waals surface area (Å²) in [5.41, 5.74) is 5.62. The van der Waals surface area contributed by atoms with Crippen molar-refractivity contribution in [1.29, 1.82) is 0 Å². The van der Waals surface area contributed by atoms with Crippen LogP contribution < -0.4 is 0 Å². The quantitative estimate of drug-likeness (QED) is 0.557. The molecule has 0 spiro atoms. The minimum absolute atomic E-state index is 0.998. The summed E-state index contributed by atoms with van der Waals surface area (Å²) in [5, 5.41) is 0. The molecule has 2 aromatic rings. The van der Waals surface area contributed by atoms with E-state index in [1.54, 1.807) is 0 Å². The number of rotatable bonds is 0. The molecule has 0 amide bonds. The molecular weight excluding hydrogens is 444 g/mol. The molecule has 4 bridgehead atoms. The summed E-state index contributed by atoms with van der Waals surface area (Å²) < 4.78 is 0. The summed E-state index contributed by atoms with van der Waals surface area (Å²) in [4.78, 5) is 14.7. The molecule has 0 unspecified atom stereocenters. The Morgan fingerprint density at radius 2 is 0.583 bits per heavy atom. The van der Waals surface area contributed by atoms with Crippen molar-refractivity contribution in [2.45, 2.75) is 26.2 Å². The molecule has 36 heavy (non-hydrogen) atoms. The molecule has 0 aromatic heterocycles. The van der Waals surface area contributed by atoms with Crippen LogP contribution in [0.5, 0.6) is 0 Å². The number of hydrogen-bond donors (Lipinski definition) is 0. The summed E-state index contributed by atoms with van der Waals surface area (Å²) in [5.74, 6) is 0. The molecule has 0 atom stereocenters. The van der Waals surface area contributed by atoms with E-state index in [0.717, 1.165) is 78.5 Å². The SMILES string of the molecule is CN1CCN(C)Cc2cccc(c2)CN(C)CCN(C)CCN(C)Cc2cccc(c2)CN(C)CC1. The molecule has 0 saturated carbocycles. The Labute approximate surface area is 221 Å². The fraction of sp³-hybridized carbons (Fsp3) is 0.600. The largest absolute Gasteiger partial charge is 0.304 e. The molecule has 0 radical (unpaired) electrons. The average Bonchev–Trinajstić information content (AvgIpc) is 2.83. The molecule has 0 aliphatic carbocycles. The van der Waals surface area contributed by atoms with Gasteiger partial charge in [-0.05, 0) is 64.5 Å². The van der Waals surface area contributed by atoms with Gasteiger partial charge in [-0.15, -0.1) is 0 Å². The third-order valence-corrected chi connectivity index (χ3v) is 7.25. The van der Waals surface area contributed by atoms with Gasteiger partial charge in [0, 0.05) is 78.5 Å². The van der Waals surface area contributed by atoms with Crippen molar-refractivity contribution >= 4 is 0 Å². The maximum absolute atomic E-state index is 2.46. The second-order valence-electron chi connectivity index (χ2n) is 11.2. The molecule has 6 heteroatoms. The Kier molecular flexibility index (Phi) is 11.8. The molecule has 0 fully saturated rings. The Bertz CT molecular complexity index is 767. The first-order valence-corrected chi connectivity index (χ1v) is 13.5. The Balaban J connectivity index is 1.64. The number of nitrogens with zero attached hydrogens (tertiary/aromatic N) is 6. The monoisotopic (exact) mass is 494 g/mol. The molecule has 1 heterocycles. The lowest BCUT2D eigenvalue weighted by atomic mass is 10.1. The van der Waals surface area contributed by atoms with Crippen molar-refractivity contribution < 1.29 is 0 Å². The van der Waals surface area contributed by atoms with E-state index in [0.29, 0.717) is 0 Å². The summed E-state index contributed by atoms with van der Waals surface area (Å²) >= 11 is 0. The van der Waals surface area contributed by atoms with Crippen LogP contribution in [0.25, 0.3) is 0 Å². The predicted octanol–water partition coefficient (Wildman–Crippen LogP) is 2.99. The lowest BCUT2D eigenvalue weighted by molar-refractivity contribution is 0.218. The van der Waals surface area contributed by atoms with Crippen molar-refractivity contribution in [3.8, 4) is 0 Å². The highest BCUT2D eigenvalue weighted by molar-refractivity contribution is 5.24. The first-order valence-electron chi connectivity index (χ1n) is 13.5. The zero-order chi connectivity index (χ0) is 25.9. The smallest absolute Gasteiger partial charge is 0.0231 e. The molecule has 0 saturated heterocycles. The van der Waals surface area contributed by atoms with E-state index >= 15 is 0 Å². The molecular formula is C30H50N6. The lowest BCUT2D eigenvalue weighted by Gasteiger charge is -2.26. The Hall–Kier alpha value is -1.80. The third-order valence-electron chi connectivity index (χ3n) is 7.25. The number of fused-ring (bicyclic) bond motifs is 4. The van der Waals surface area contributed by atoms with E-state index in [1.165, 1.54) is 22.3 Å². The van der Waals surface area contributed by atoms with Crippen molar-refractivity contribution in [3.63, 3.8) is 0 Å². The Morgan fingerprint density at radius 3 is 0.833 bits per heavy atom. The Morgan fingerprint density at radius 1 is 0.361 bits per heavy atom. The minimum Gasteiger partial charge on any atom is -0.304 e. The van der Waals surface area contributed by atoms with Gasteiger partial charge in [0.1, 0.15) is 0 Å². The third kappa shape index (κ3) is 10.7. The van der Waals surface area contributed by atoms with Gasteiger partial charge in [0.15, 0.2) is 0 Å². The normalized spacial score (nSPS) is 21.3. The van der Waals surface area contributed by atoms with Gasteiger partial charge in [-0.2, -0.15) is 0 Å². The van der Waals surface area contributed by atoms with E-state index in [4.69, 9.17) is 0 Å². The topological polar surface area (TPSA) is 19.4 Å². The first-order chi connectivity index (χ1) is 17.3. The molecule has 1 aliphatic rings. The van der Waals surface area contributed by atoms with E-state index in [2.05, 4.69) is 120 Å². The van der Waals surface area contributed by atoms with Gasteiger partial charge >= 0.3 is 0 Å². The lowest BCUT2D eigenvalue weighted by Crippen LogP contribution is -2.36. The highest BCUT2D eigenvalue weighted by Crippen LogP contribution is 2.12. The predicted molar refractivity (Wildman–Crippen MR) is 153 cm³/mol.